The number of thioether (sulfide) groups is 1. The molecule has 2 aromatic carbocycles. The lowest BCUT2D eigenvalue weighted by Gasteiger charge is -2.26. The van der Waals surface area contributed by atoms with Gasteiger partial charge in [-0.25, -0.2) is 0 Å². The lowest BCUT2D eigenvalue weighted by Crippen LogP contribution is -2.18. The first-order valence-electron chi connectivity index (χ1n) is 9.39. The number of hydrogen-bond donors (Lipinski definition) is 0. The first-order valence-corrected chi connectivity index (χ1v) is 10.2. The van der Waals surface area contributed by atoms with Gasteiger partial charge >= 0.3 is 0 Å². The van der Waals surface area contributed by atoms with Crippen molar-refractivity contribution < 1.29 is 4.79 Å². The summed E-state index contributed by atoms with van der Waals surface area (Å²) in [6.07, 6.45) is 1.78. The van der Waals surface area contributed by atoms with Crippen molar-refractivity contribution in [3.05, 3.63) is 70.3 Å². The summed E-state index contributed by atoms with van der Waals surface area (Å²) in [4.78, 5) is 16.4. The van der Waals surface area contributed by atoms with E-state index in [1.807, 2.05) is 19.2 Å². The molecule has 0 aromatic heterocycles. The average molecular weight is 380 g/mol. The smallest absolute Gasteiger partial charge is 0.188 e. The van der Waals surface area contributed by atoms with E-state index in [0.29, 0.717) is 0 Å². The number of anilines is 1. The molecule has 0 amide bonds. The fraction of sp³-hybridized carbons (Fsp3) is 0.375. The fourth-order valence-corrected chi connectivity index (χ4v) is 4.16. The molecule has 2 aromatic rings. The van der Waals surface area contributed by atoms with Gasteiger partial charge in [0, 0.05) is 23.6 Å². The summed E-state index contributed by atoms with van der Waals surface area (Å²) in [5.74, 6) is 0.0637. The van der Waals surface area contributed by atoms with Crippen molar-refractivity contribution in [1.82, 2.24) is 0 Å². The van der Waals surface area contributed by atoms with Crippen LogP contribution in [0.1, 0.15) is 63.0 Å². The number of rotatable bonds is 2. The highest BCUT2D eigenvalue weighted by Crippen LogP contribution is 2.44. The Morgan fingerprint density at radius 2 is 1.48 bits per heavy atom. The van der Waals surface area contributed by atoms with Crippen LogP contribution >= 0.6 is 11.8 Å². The fourth-order valence-electron chi connectivity index (χ4n) is 3.08. The van der Waals surface area contributed by atoms with Gasteiger partial charge in [0.25, 0.3) is 0 Å². The maximum Gasteiger partial charge on any atom is 0.188 e. The summed E-state index contributed by atoms with van der Waals surface area (Å²) >= 11 is 1.65. The molecule has 0 saturated carbocycles. The Balaban J connectivity index is 2.00. The molecule has 0 spiro atoms. The quantitative estimate of drug-likeness (QED) is 0.436. The predicted octanol–water partition coefficient (Wildman–Crippen LogP) is 6.55. The Morgan fingerprint density at radius 3 is 2.00 bits per heavy atom. The number of nitrogens with zero attached hydrogens (tertiary/aromatic N) is 1. The Hall–Kier alpha value is -2.00. The monoisotopic (exact) mass is 379 g/mol. The molecule has 142 valence electrons. The zero-order valence-corrected chi connectivity index (χ0v) is 18.2. The van der Waals surface area contributed by atoms with Crippen LogP contribution < -0.4 is 4.90 Å². The van der Waals surface area contributed by atoms with Crippen LogP contribution in [0.5, 0.6) is 0 Å². The Labute approximate surface area is 167 Å². The van der Waals surface area contributed by atoms with E-state index in [0.717, 1.165) is 16.3 Å². The predicted molar refractivity (Wildman–Crippen MR) is 117 cm³/mol. The van der Waals surface area contributed by atoms with Gasteiger partial charge in [-0.15, -0.1) is 0 Å². The zero-order valence-electron chi connectivity index (χ0n) is 17.4. The van der Waals surface area contributed by atoms with Gasteiger partial charge in [0.1, 0.15) is 0 Å². The summed E-state index contributed by atoms with van der Waals surface area (Å²) in [6, 6.07) is 14.6. The molecule has 3 rings (SSSR count). The van der Waals surface area contributed by atoms with Crippen LogP contribution in [-0.4, -0.2) is 12.8 Å². The molecule has 0 aliphatic carbocycles. The second-order valence-electron chi connectivity index (χ2n) is 9.27. The van der Waals surface area contributed by atoms with Crippen LogP contribution in [-0.2, 0) is 10.8 Å². The molecule has 2 nitrogen and oxygen atoms in total. The van der Waals surface area contributed by atoms with Gasteiger partial charge in [0.2, 0.25) is 0 Å². The summed E-state index contributed by atoms with van der Waals surface area (Å²) in [7, 11) is 2.02. The van der Waals surface area contributed by atoms with Crippen LogP contribution in [0.4, 0.5) is 5.69 Å². The number of para-hydroxylation sites is 1. The Morgan fingerprint density at radius 1 is 0.926 bits per heavy atom. The maximum absolute atomic E-state index is 13.1. The molecular formula is C24H29NOS. The largest absolute Gasteiger partial charge is 0.338 e. The summed E-state index contributed by atoms with van der Waals surface area (Å²) in [5, 5.41) is 0.972. The lowest BCUT2D eigenvalue weighted by molar-refractivity contribution is 0.104. The molecule has 1 heterocycles. The number of hydrogen-bond acceptors (Lipinski definition) is 3. The van der Waals surface area contributed by atoms with Gasteiger partial charge < -0.3 is 4.90 Å². The second-order valence-corrected chi connectivity index (χ2v) is 10.3. The number of allylic oxidation sites excluding steroid dienone is 1. The molecule has 1 aliphatic rings. The summed E-state index contributed by atoms with van der Waals surface area (Å²) < 4.78 is 0. The first kappa shape index (κ1) is 19.8. The van der Waals surface area contributed by atoms with Crippen LogP contribution in [0.3, 0.4) is 0 Å². The van der Waals surface area contributed by atoms with Crippen molar-refractivity contribution in [2.75, 3.05) is 11.9 Å². The molecule has 0 fully saturated rings. The van der Waals surface area contributed by atoms with Crippen molar-refractivity contribution >= 4 is 23.2 Å². The molecule has 0 saturated heterocycles. The molecule has 0 N–H and O–H groups in total. The van der Waals surface area contributed by atoms with Crippen molar-refractivity contribution in [2.45, 2.75) is 57.3 Å². The van der Waals surface area contributed by atoms with E-state index in [2.05, 4.69) is 76.8 Å². The topological polar surface area (TPSA) is 20.3 Å². The van der Waals surface area contributed by atoms with Crippen molar-refractivity contribution in [3.63, 3.8) is 0 Å². The minimum Gasteiger partial charge on any atom is -0.338 e. The zero-order chi connectivity index (χ0) is 20.0. The van der Waals surface area contributed by atoms with Crippen LogP contribution in [0.25, 0.3) is 0 Å². The third-order valence-corrected chi connectivity index (χ3v) is 6.14. The van der Waals surface area contributed by atoms with Gasteiger partial charge in [-0.1, -0.05) is 71.5 Å². The molecule has 0 bridgehead atoms. The van der Waals surface area contributed by atoms with Gasteiger partial charge in [-0.05, 0) is 46.2 Å². The lowest BCUT2D eigenvalue weighted by atomic mass is 9.79. The molecule has 0 atom stereocenters. The first-order chi connectivity index (χ1) is 12.5. The number of benzene rings is 2. The minimum absolute atomic E-state index is 0.00142. The molecule has 27 heavy (non-hydrogen) atoms. The SMILES string of the molecule is CN1/C(=C/C(=O)c2cc(C(C)(C)C)cc(C(C)(C)C)c2)Sc2ccccc21. The van der Waals surface area contributed by atoms with Crippen LogP contribution in [0, 0.1) is 0 Å². The van der Waals surface area contributed by atoms with Crippen LogP contribution in [0.2, 0.25) is 0 Å². The van der Waals surface area contributed by atoms with Gasteiger partial charge in [0.15, 0.2) is 5.78 Å². The molecular weight excluding hydrogens is 350 g/mol. The van der Waals surface area contributed by atoms with E-state index < -0.39 is 0 Å². The van der Waals surface area contributed by atoms with E-state index in [-0.39, 0.29) is 16.6 Å². The third kappa shape index (κ3) is 4.14. The van der Waals surface area contributed by atoms with E-state index >= 15 is 0 Å². The van der Waals surface area contributed by atoms with E-state index in [4.69, 9.17) is 0 Å². The molecule has 3 heteroatoms. The number of ketones is 1. The van der Waals surface area contributed by atoms with Crippen LogP contribution in [0.15, 0.2) is 58.5 Å². The van der Waals surface area contributed by atoms with Gasteiger partial charge in [0.05, 0.1) is 10.7 Å². The molecule has 0 unspecified atom stereocenters. The molecule has 0 radical (unpaired) electrons. The highest BCUT2D eigenvalue weighted by atomic mass is 32.2. The maximum atomic E-state index is 13.1. The summed E-state index contributed by atoms with van der Waals surface area (Å²) in [6.45, 7) is 13.2. The highest BCUT2D eigenvalue weighted by Gasteiger charge is 2.24. The van der Waals surface area contributed by atoms with Crippen molar-refractivity contribution in [3.8, 4) is 0 Å². The number of carbonyl (C=O) groups is 1. The minimum atomic E-state index is -0.00142. The Bertz CT molecular complexity index is 880. The van der Waals surface area contributed by atoms with Gasteiger partial charge in [-0.3, -0.25) is 4.79 Å². The summed E-state index contributed by atoms with van der Waals surface area (Å²) in [5.41, 5.74) is 4.32. The Kier molecular flexibility index (Phi) is 5.02. The standard InChI is InChI=1S/C24H29NOS/c1-23(2,3)17-12-16(13-18(14-17)24(4,5)6)20(26)15-22-25(7)19-10-8-9-11-21(19)27-22/h8-15H,1-7H3/b22-15-. The van der Waals surface area contributed by atoms with E-state index in [1.165, 1.54) is 16.0 Å². The normalized spacial score (nSPS) is 16.0. The number of fused-ring (bicyclic) bond motifs is 1. The third-order valence-electron chi connectivity index (χ3n) is 4.98. The van der Waals surface area contributed by atoms with Crippen molar-refractivity contribution in [1.29, 1.82) is 0 Å². The van der Waals surface area contributed by atoms with Crippen molar-refractivity contribution in [2.24, 2.45) is 0 Å². The second kappa shape index (κ2) is 6.87. The van der Waals surface area contributed by atoms with Gasteiger partial charge in [-0.2, -0.15) is 0 Å². The van der Waals surface area contributed by atoms with E-state index in [1.54, 1.807) is 17.8 Å². The highest BCUT2D eigenvalue weighted by molar-refractivity contribution is 8.03. The number of carbonyl (C=O) groups excluding carboxylic acids is 1. The average Bonchev–Trinajstić information content (AvgIpc) is 2.89. The molecule has 1 aliphatic heterocycles. The van der Waals surface area contributed by atoms with E-state index in [9.17, 15) is 4.79 Å².